The van der Waals surface area contributed by atoms with E-state index in [1.807, 2.05) is 0 Å². The molecule has 138 valence electrons. The van der Waals surface area contributed by atoms with Crippen LogP contribution >= 0.6 is 0 Å². The Kier molecular flexibility index (Phi) is 7.50. The first-order valence-corrected chi connectivity index (χ1v) is 7.94. The number of nitrogens with two attached hydrogens (primary N) is 2. The minimum Gasteiger partial charge on any atom is -0.404 e. The van der Waals surface area contributed by atoms with Gasteiger partial charge >= 0.3 is 0 Å². The first-order valence-electron chi connectivity index (χ1n) is 7.94. The number of rotatable bonds is 9. The fourth-order valence-electron chi connectivity index (χ4n) is 2.16. The lowest BCUT2D eigenvalue weighted by Crippen LogP contribution is -2.21. The van der Waals surface area contributed by atoms with Gasteiger partial charge in [0.25, 0.3) is 0 Å². The van der Waals surface area contributed by atoms with Gasteiger partial charge in [0.1, 0.15) is 11.7 Å². The number of ether oxygens (including phenoxy) is 1. The first-order chi connectivity index (χ1) is 12.3. The summed E-state index contributed by atoms with van der Waals surface area (Å²) in [5, 5.41) is 20.9. The van der Waals surface area contributed by atoms with Crippen LogP contribution in [0, 0.1) is 16.7 Å². The maximum absolute atomic E-state index is 9.59. The molecule has 1 aromatic heterocycles. The monoisotopic (exact) mass is 355 g/mol. The summed E-state index contributed by atoms with van der Waals surface area (Å²) in [7, 11) is 1.60. The van der Waals surface area contributed by atoms with Crippen LogP contribution in [0.4, 0.5) is 11.6 Å². The largest absolute Gasteiger partial charge is 0.404 e. The van der Waals surface area contributed by atoms with Crippen molar-refractivity contribution in [1.29, 1.82) is 10.7 Å². The third-order valence-electron chi connectivity index (χ3n) is 3.54. The van der Waals surface area contributed by atoms with Gasteiger partial charge in [0.15, 0.2) is 5.82 Å². The van der Waals surface area contributed by atoms with Crippen LogP contribution in [0.5, 0.6) is 0 Å². The Labute approximate surface area is 153 Å². The standard InChI is InChI=1S/C18H25N7O/c1-5-13(21)16-12(18(2,3)11-20)10-15(23-8-9-26-4)25-17(16)24-14(22)6-7-19/h5-7,10,21H,1,8-9,19H2,2-4H3,(H3,22,23,24,25)/b7-6-,21-13?. The van der Waals surface area contributed by atoms with Crippen LogP contribution in [0.2, 0.25) is 0 Å². The van der Waals surface area contributed by atoms with Crippen LogP contribution in [-0.2, 0) is 10.2 Å². The maximum Gasteiger partial charge on any atom is 0.166 e. The van der Waals surface area contributed by atoms with Gasteiger partial charge in [-0.2, -0.15) is 5.26 Å². The normalized spacial score (nSPS) is 12.0. The second-order valence-electron chi connectivity index (χ2n) is 5.92. The fraction of sp³-hybridized carbons (Fsp3) is 0.333. The third-order valence-corrected chi connectivity index (χ3v) is 3.54. The number of allylic oxidation sites excluding steroid dienone is 1. The summed E-state index contributed by atoms with van der Waals surface area (Å²) in [6.45, 7) is 8.18. The van der Waals surface area contributed by atoms with E-state index in [9.17, 15) is 5.26 Å². The molecule has 8 nitrogen and oxygen atoms in total. The molecule has 1 heterocycles. The maximum atomic E-state index is 9.59. The first kappa shape index (κ1) is 20.9. The number of pyridine rings is 1. The molecule has 1 rings (SSSR count). The fourth-order valence-corrected chi connectivity index (χ4v) is 2.16. The molecule has 0 saturated heterocycles. The van der Waals surface area contributed by atoms with Crippen molar-refractivity contribution in [2.45, 2.75) is 19.3 Å². The predicted octanol–water partition coefficient (Wildman–Crippen LogP) is 1.96. The Bertz CT molecular complexity index is 772. The van der Waals surface area contributed by atoms with E-state index in [4.69, 9.17) is 21.6 Å². The Hall–Kier alpha value is -3.18. The van der Waals surface area contributed by atoms with Gasteiger partial charge in [-0.05, 0) is 43.8 Å². The van der Waals surface area contributed by atoms with Gasteiger partial charge in [-0.3, -0.25) is 0 Å². The van der Waals surface area contributed by atoms with E-state index >= 15 is 0 Å². The van der Waals surface area contributed by atoms with Crippen molar-refractivity contribution in [3.63, 3.8) is 0 Å². The van der Waals surface area contributed by atoms with Crippen molar-refractivity contribution in [1.82, 2.24) is 4.98 Å². The zero-order chi connectivity index (χ0) is 19.7. The van der Waals surface area contributed by atoms with Gasteiger partial charge in [0.2, 0.25) is 0 Å². The summed E-state index contributed by atoms with van der Waals surface area (Å²) in [6, 6.07) is 3.99. The van der Waals surface area contributed by atoms with Crippen molar-refractivity contribution in [2.75, 3.05) is 25.6 Å². The Balaban J connectivity index is 3.70. The molecule has 0 radical (unpaired) electrons. The molecule has 1 aromatic rings. The molecule has 0 aromatic carbocycles. The molecule has 0 amide bonds. The zero-order valence-corrected chi connectivity index (χ0v) is 15.3. The van der Waals surface area contributed by atoms with Crippen LogP contribution in [0.1, 0.15) is 25.0 Å². The number of nitriles is 1. The minimum absolute atomic E-state index is 0.0996. The Morgan fingerprint density at radius 2 is 2.27 bits per heavy atom. The van der Waals surface area contributed by atoms with E-state index in [1.165, 1.54) is 18.4 Å². The minimum atomic E-state index is -0.881. The molecule has 26 heavy (non-hydrogen) atoms. The van der Waals surface area contributed by atoms with Crippen molar-refractivity contribution in [2.24, 2.45) is 16.5 Å². The summed E-state index contributed by atoms with van der Waals surface area (Å²) in [5.74, 6) is 0.850. The molecule has 0 unspecified atom stereocenters. The van der Waals surface area contributed by atoms with Crippen molar-refractivity contribution < 1.29 is 4.74 Å². The van der Waals surface area contributed by atoms with Crippen LogP contribution in [0.15, 0.2) is 36.0 Å². The average Bonchev–Trinajstić information content (AvgIpc) is 2.61. The molecule has 0 bridgehead atoms. The number of nitrogens with zero attached hydrogens (tertiary/aromatic N) is 3. The molecule has 0 fully saturated rings. The molecule has 6 N–H and O–H groups in total. The lowest BCUT2D eigenvalue weighted by molar-refractivity contribution is 0.210. The van der Waals surface area contributed by atoms with Crippen LogP contribution < -0.4 is 16.8 Å². The van der Waals surface area contributed by atoms with Crippen molar-refractivity contribution in [3.05, 3.63) is 42.1 Å². The van der Waals surface area contributed by atoms with Gasteiger partial charge in [0, 0.05) is 19.2 Å². The van der Waals surface area contributed by atoms with E-state index in [2.05, 4.69) is 27.9 Å². The van der Waals surface area contributed by atoms with E-state index in [0.29, 0.717) is 30.1 Å². The molecule has 0 aliphatic heterocycles. The smallest absolute Gasteiger partial charge is 0.166 e. The lowest BCUT2D eigenvalue weighted by atomic mass is 9.82. The summed E-state index contributed by atoms with van der Waals surface area (Å²) >= 11 is 0. The molecular weight excluding hydrogens is 330 g/mol. The summed E-state index contributed by atoms with van der Waals surface area (Å²) in [6.07, 6.45) is 4.06. The highest BCUT2D eigenvalue weighted by molar-refractivity contribution is 6.11. The van der Waals surface area contributed by atoms with Crippen molar-refractivity contribution >= 4 is 23.2 Å². The topological polar surface area (TPSA) is 146 Å². The predicted molar refractivity (Wildman–Crippen MR) is 105 cm³/mol. The molecule has 0 spiro atoms. The van der Waals surface area contributed by atoms with Crippen molar-refractivity contribution in [3.8, 4) is 6.07 Å². The van der Waals surface area contributed by atoms with E-state index in [-0.39, 0.29) is 17.4 Å². The van der Waals surface area contributed by atoms with Crippen LogP contribution in [-0.4, -0.2) is 36.8 Å². The number of hydrogen-bond acceptors (Lipinski definition) is 7. The zero-order valence-electron chi connectivity index (χ0n) is 15.3. The number of hydrogen-bond donors (Lipinski definition) is 4. The average molecular weight is 355 g/mol. The Morgan fingerprint density at radius 1 is 1.58 bits per heavy atom. The molecular formula is C18H25N7O. The summed E-state index contributed by atoms with van der Waals surface area (Å²) in [5.41, 5.74) is 11.4. The molecule has 0 aliphatic rings. The number of aromatic nitrogens is 1. The van der Waals surface area contributed by atoms with Crippen LogP contribution in [0.25, 0.3) is 0 Å². The second kappa shape index (κ2) is 9.34. The van der Waals surface area contributed by atoms with Gasteiger partial charge < -0.3 is 26.9 Å². The van der Waals surface area contributed by atoms with Gasteiger partial charge in [-0.15, -0.1) is 0 Å². The van der Waals surface area contributed by atoms with E-state index in [0.717, 1.165) is 0 Å². The van der Waals surface area contributed by atoms with Gasteiger partial charge in [-0.25, -0.2) is 9.98 Å². The number of nitrogens with one attached hydrogen (secondary N) is 2. The second-order valence-corrected chi connectivity index (χ2v) is 5.92. The van der Waals surface area contributed by atoms with Crippen LogP contribution in [0.3, 0.4) is 0 Å². The molecule has 0 atom stereocenters. The number of methoxy groups -OCH3 is 1. The molecule has 0 saturated carbocycles. The number of amidine groups is 1. The third kappa shape index (κ3) is 5.16. The quantitative estimate of drug-likeness (QED) is 0.302. The summed E-state index contributed by atoms with van der Waals surface area (Å²) in [4.78, 5) is 8.70. The lowest BCUT2D eigenvalue weighted by Gasteiger charge is -2.22. The highest BCUT2D eigenvalue weighted by Gasteiger charge is 2.28. The van der Waals surface area contributed by atoms with Gasteiger partial charge in [0.05, 0.1) is 23.8 Å². The van der Waals surface area contributed by atoms with Gasteiger partial charge in [-0.1, -0.05) is 6.58 Å². The SMILES string of the molecule is C=CC(=N)c1c(C(C)(C)C#N)cc(NCCOC)nc1/N=C(N)\C=C/N. The summed E-state index contributed by atoms with van der Waals surface area (Å²) < 4.78 is 5.03. The highest BCUT2D eigenvalue weighted by Crippen LogP contribution is 2.33. The number of aliphatic imine (C=N–C) groups is 1. The Morgan fingerprint density at radius 3 is 2.81 bits per heavy atom. The van der Waals surface area contributed by atoms with E-state index in [1.54, 1.807) is 27.0 Å². The number of anilines is 1. The molecule has 0 aliphatic carbocycles. The van der Waals surface area contributed by atoms with E-state index < -0.39 is 5.41 Å². The highest BCUT2D eigenvalue weighted by atomic mass is 16.5. The molecule has 8 heteroatoms.